The minimum atomic E-state index is -1.55. The van der Waals surface area contributed by atoms with E-state index in [1.165, 1.54) is 0 Å². The van der Waals surface area contributed by atoms with Crippen LogP contribution in [0.2, 0.25) is 0 Å². The van der Waals surface area contributed by atoms with Gasteiger partial charge in [0, 0.05) is 19.6 Å². The van der Waals surface area contributed by atoms with Crippen LogP contribution in [-0.2, 0) is 0 Å². The van der Waals surface area contributed by atoms with Crippen LogP contribution in [0.15, 0.2) is 0 Å². The SMILES string of the molecule is CC(C#N)CN1C(=O)N(CC(C)C#N)C(O)N(CC(C)C#N)C1=O. The van der Waals surface area contributed by atoms with Gasteiger partial charge in [-0.15, -0.1) is 0 Å². The van der Waals surface area contributed by atoms with Crippen molar-refractivity contribution in [3.8, 4) is 18.2 Å². The Kier molecular flexibility index (Phi) is 6.52. The summed E-state index contributed by atoms with van der Waals surface area (Å²) in [6.07, 6.45) is -1.55. The molecule has 0 spiro atoms. The Hall–Kier alpha value is -2.83. The van der Waals surface area contributed by atoms with E-state index >= 15 is 0 Å². The van der Waals surface area contributed by atoms with E-state index in [9.17, 15) is 14.7 Å². The van der Waals surface area contributed by atoms with Crippen molar-refractivity contribution >= 4 is 12.1 Å². The maximum atomic E-state index is 12.5. The van der Waals surface area contributed by atoms with Gasteiger partial charge >= 0.3 is 12.1 Å². The zero-order valence-corrected chi connectivity index (χ0v) is 13.9. The fraction of sp³-hybridized carbons (Fsp3) is 0.667. The Bertz CT molecular complexity index is 574. The van der Waals surface area contributed by atoms with Gasteiger partial charge in [-0.05, 0) is 20.8 Å². The van der Waals surface area contributed by atoms with Gasteiger partial charge in [0.15, 0.2) is 0 Å². The molecule has 9 heteroatoms. The minimum absolute atomic E-state index is 0.0708. The van der Waals surface area contributed by atoms with Crippen molar-refractivity contribution in [1.29, 1.82) is 15.8 Å². The van der Waals surface area contributed by atoms with Crippen LogP contribution in [0.4, 0.5) is 9.59 Å². The number of amides is 4. The summed E-state index contributed by atoms with van der Waals surface area (Å²) < 4.78 is 0. The summed E-state index contributed by atoms with van der Waals surface area (Å²) in [5, 5.41) is 37.2. The highest BCUT2D eigenvalue weighted by Crippen LogP contribution is 2.21. The lowest BCUT2D eigenvalue weighted by atomic mass is 10.1. The van der Waals surface area contributed by atoms with E-state index in [-0.39, 0.29) is 19.6 Å². The highest BCUT2D eigenvalue weighted by atomic mass is 16.3. The molecule has 1 aliphatic rings. The van der Waals surface area contributed by atoms with Crippen molar-refractivity contribution in [3.05, 3.63) is 0 Å². The summed E-state index contributed by atoms with van der Waals surface area (Å²) in [5.41, 5.74) is 0. The second-order valence-electron chi connectivity index (χ2n) is 5.92. The smallest absolute Gasteiger partial charge is 0.331 e. The summed E-state index contributed by atoms with van der Waals surface area (Å²) in [6, 6.07) is 4.38. The predicted octanol–water partition coefficient (Wildman–Crippen LogP) is 0.901. The lowest BCUT2D eigenvalue weighted by Crippen LogP contribution is -2.67. The van der Waals surface area contributed by atoms with Gasteiger partial charge in [0.2, 0.25) is 6.35 Å². The van der Waals surface area contributed by atoms with Gasteiger partial charge in [0.05, 0.1) is 36.0 Å². The molecule has 0 bridgehead atoms. The van der Waals surface area contributed by atoms with Gasteiger partial charge in [-0.25, -0.2) is 14.5 Å². The molecular weight excluding hydrogens is 312 g/mol. The molecular formula is C15H20N6O3. The summed E-state index contributed by atoms with van der Waals surface area (Å²) >= 11 is 0. The van der Waals surface area contributed by atoms with Gasteiger partial charge in [0.25, 0.3) is 0 Å². The Morgan fingerprint density at radius 3 is 1.54 bits per heavy atom. The standard InChI is InChI=1S/C15H20N6O3/c1-10(4-16)7-19-13(22)20(8-11(2)5-17)15(24)21(14(19)23)9-12(3)6-18/h10-13,22H,7-9H2,1-3H3. The molecule has 9 nitrogen and oxygen atoms in total. The molecule has 0 aliphatic carbocycles. The average molecular weight is 332 g/mol. The number of aliphatic hydroxyl groups is 1. The van der Waals surface area contributed by atoms with E-state index < -0.39 is 36.2 Å². The molecule has 1 saturated heterocycles. The molecule has 24 heavy (non-hydrogen) atoms. The van der Waals surface area contributed by atoms with Gasteiger partial charge < -0.3 is 5.11 Å². The van der Waals surface area contributed by atoms with E-state index in [1.807, 2.05) is 18.2 Å². The number of nitriles is 3. The second kappa shape index (κ2) is 8.14. The zero-order valence-electron chi connectivity index (χ0n) is 13.9. The number of nitrogens with zero attached hydrogens (tertiary/aromatic N) is 6. The number of carbonyl (C=O) groups excluding carboxylic acids is 2. The molecule has 0 aromatic carbocycles. The molecule has 1 heterocycles. The molecule has 0 aromatic heterocycles. The largest absolute Gasteiger partial charge is 0.356 e. The van der Waals surface area contributed by atoms with Gasteiger partial charge in [0.1, 0.15) is 0 Å². The topological polar surface area (TPSA) is 135 Å². The lowest BCUT2D eigenvalue weighted by Gasteiger charge is -2.45. The van der Waals surface area contributed by atoms with E-state index in [0.717, 1.165) is 14.7 Å². The molecule has 128 valence electrons. The van der Waals surface area contributed by atoms with Crippen LogP contribution < -0.4 is 0 Å². The van der Waals surface area contributed by atoms with Crippen LogP contribution in [0.3, 0.4) is 0 Å². The molecule has 0 aromatic rings. The monoisotopic (exact) mass is 332 g/mol. The fourth-order valence-electron chi connectivity index (χ4n) is 2.25. The quantitative estimate of drug-likeness (QED) is 0.767. The number of carbonyl (C=O) groups is 2. The molecule has 0 radical (unpaired) electrons. The Morgan fingerprint density at radius 1 is 0.875 bits per heavy atom. The summed E-state index contributed by atoms with van der Waals surface area (Å²) in [6.45, 7) is 4.46. The third kappa shape index (κ3) is 4.13. The molecule has 3 unspecified atom stereocenters. The number of imide groups is 1. The van der Waals surface area contributed by atoms with Gasteiger partial charge in [-0.2, -0.15) is 15.8 Å². The lowest BCUT2D eigenvalue weighted by molar-refractivity contribution is -0.0977. The first-order chi connectivity index (χ1) is 11.3. The maximum absolute atomic E-state index is 12.5. The molecule has 1 fully saturated rings. The van der Waals surface area contributed by atoms with Crippen molar-refractivity contribution < 1.29 is 14.7 Å². The molecule has 0 saturated carbocycles. The number of aliphatic hydroxyl groups excluding tert-OH is 1. The van der Waals surface area contributed by atoms with Crippen LogP contribution in [0.1, 0.15) is 20.8 Å². The summed E-state index contributed by atoms with van der Waals surface area (Å²) in [7, 11) is 0. The fourth-order valence-corrected chi connectivity index (χ4v) is 2.25. The first kappa shape index (κ1) is 19.2. The van der Waals surface area contributed by atoms with Crippen LogP contribution in [0.25, 0.3) is 0 Å². The Labute approximate surface area is 140 Å². The first-order valence-corrected chi connectivity index (χ1v) is 7.52. The van der Waals surface area contributed by atoms with E-state index in [1.54, 1.807) is 20.8 Å². The second-order valence-corrected chi connectivity index (χ2v) is 5.92. The van der Waals surface area contributed by atoms with Crippen molar-refractivity contribution in [3.63, 3.8) is 0 Å². The van der Waals surface area contributed by atoms with Gasteiger partial charge in [-0.1, -0.05) is 0 Å². The minimum Gasteiger partial charge on any atom is -0.356 e. The highest BCUT2D eigenvalue weighted by molar-refractivity contribution is 5.96. The molecule has 1 N–H and O–H groups in total. The van der Waals surface area contributed by atoms with Crippen LogP contribution >= 0.6 is 0 Å². The molecule has 3 atom stereocenters. The molecule has 4 amide bonds. The normalized spacial score (nSPS) is 21.5. The highest BCUT2D eigenvalue weighted by Gasteiger charge is 2.44. The van der Waals surface area contributed by atoms with E-state index in [2.05, 4.69) is 0 Å². The van der Waals surface area contributed by atoms with Crippen molar-refractivity contribution in [2.24, 2.45) is 17.8 Å². The van der Waals surface area contributed by atoms with Crippen LogP contribution in [-0.4, -0.2) is 57.9 Å². The van der Waals surface area contributed by atoms with Crippen molar-refractivity contribution in [2.75, 3.05) is 19.6 Å². The Morgan fingerprint density at radius 2 is 1.21 bits per heavy atom. The predicted molar refractivity (Wildman–Crippen MR) is 81.2 cm³/mol. The van der Waals surface area contributed by atoms with Crippen LogP contribution in [0, 0.1) is 51.7 Å². The van der Waals surface area contributed by atoms with Gasteiger partial charge in [-0.3, -0.25) is 9.80 Å². The Balaban J connectivity index is 3.14. The third-order valence-electron chi connectivity index (χ3n) is 3.57. The number of hydrogen-bond acceptors (Lipinski definition) is 6. The zero-order chi connectivity index (χ0) is 18.4. The summed E-state index contributed by atoms with van der Waals surface area (Å²) in [4.78, 5) is 27.9. The molecule has 1 rings (SSSR count). The molecule has 1 aliphatic heterocycles. The third-order valence-corrected chi connectivity index (χ3v) is 3.57. The van der Waals surface area contributed by atoms with Crippen molar-refractivity contribution in [2.45, 2.75) is 27.1 Å². The first-order valence-electron chi connectivity index (χ1n) is 7.52. The maximum Gasteiger partial charge on any atom is 0.331 e. The number of urea groups is 2. The number of hydrogen-bond donors (Lipinski definition) is 1. The number of rotatable bonds is 6. The van der Waals surface area contributed by atoms with Crippen LogP contribution in [0.5, 0.6) is 0 Å². The van der Waals surface area contributed by atoms with E-state index in [4.69, 9.17) is 15.8 Å². The van der Waals surface area contributed by atoms with Crippen molar-refractivity contribution in [1.82, 2.24) is 14.7 Å². The summed E-state index contributed by atoms with van der Waals surface area (Å²) in [5.74, 6) is -1.69. The average Bonchev–Trinajstić information content (AvgIpc) is 2.58. The van der Waals surface area contributed by atoms with E-state index in [0.29, 0.717) is 0 Å².